The zero-order valence-corrected chi connectivity index (χ0v) is 79.2. The number of aliphatic hydroxyl groups is 5. The van der Waals surface area contributed by atoms with Crippen LogP contribution in [0.15, 0.2) is 84.8 Å². The van der Waals surface area contributed by atoms with Gasteiger partial charge in [0.25, 0.3) is 16.7 Å². The number of nitrogens with two attached hydrogens (primary N) is 6. The molecule has 74 heteroatoms. The van der Waals surface area contributed by atoms with Crippen LogP contribution in [0.25, 0.3) is 33.5 Å². The first-order valence-electron chi connectivity index (χ1n) is 42.2. The van der Waals surface area contributed by atoms with Gasteiger partial charge in [0.1, 0.15) is 135 Å². The molecule has 29 atom stereocenters. The number of imidazole rings is 3. The van der Waals surface area contributed by atoms with Gasteiger partial charge >= 0.3 is 68.8 Å². The highest BCUT2D eigenvalue weighted by Crippen LogP contribution is 2.64. The number of anilines is 5. The smallest absolute Gasteiger partial charge is 0.472 e. The largest absolute Gasteiger partial charge is 0.480 e. The van der Waals surface area contributed by atoms with Gasteiger partial charge in [-0.1, -0.05) is 0 Å². The van der Waals surface area contributed by atoms with Crippen molar-refractivity contribution in [3.05, 3.63) is 124 Å². The summed E-state index contributed by atoms with van der Waals surface area (Å²) in [5.41, 5.74) is 24.5. The van der Waals surface area contributed by atoms with E-state index in [9.17, 15) is 112 Å². The number of hydrogen-bond acceptors (Lipinski definition) is 49. The van der Waals surface area contributed by atoms with Crippen molar-refractivity contribution in [2.24, 2.45) is 11.1 Å². The summed E-state index contributed by atoms with van der Waals surface area (Å²) in [5, 5.41) is 78.0. The molecule has 9 aromatic heterocycles. The lowest BCUT2D eigenvalue weighted by atomic mass is 9.94. The van der Waals surface area contributed by atoms with Crippen LogP contribution < -0.4 is 84.1 Å². The molecular weight excluding hydrogens is 2050 g/mol. The van der Waals surface area contributed by atoms with Crippen molar-refractivity contribution >= 4 is 132 Å². The number of aryl methyl sites for hydroxylation is 1. The van der Waals surface area contributed by atoms with Crippen LogP contribution in [0, 0.1) is 12.3 Å². The molecule has 780 valence electrons. The molecule has 6 saturated heterocycles. The highest BCUT2D eigenvalue weighted by atomic mass is 31.2. The van der Waals surface area contributed by atoms with E-state index in [2.05, 4.69) is 75.8 Å². The van der Waals surface area contributed by atoms with E-state index in [4.69, 9.17) is 99.6 Å². The second kappa shape index (κ2) is 41.1. The van der Waals surface area contributed by atoms with Gasteiger partial charge in [-0.3, -0.25) is 108 Å². The van der Waals surface area contributed by atoms with E-state index < -0.39 is 366 Å². The lowest BCUT2D eigenvalue weighted by Crippen LogP contribution is -2.44. The number of aliphatic hydroxyl groups excluding tert-OH is 5. The topological polar surface area (TPSA) is 1020 Å². The Morgan fingerprint density at radius 3 is 1.25 bits per heavy atom. The number of aliphatic carboxylic acids is 1. The summed E-state index contributed by atoms with van der Waals surface area (Å²) in [5.74, 6) is -22.1. The molecule has 0 spiro atoms. The minimum atomic E-state index is -6.39. The quantitative estimate of drug-likeness (QED) is 0.0159. The highest BCUT2D eigenvalue weighted by Gasteiger charge is 2.62. The van der Waals surface area contributed by atoms with E-state index >= 15 is 18.3 Å². The number of H-pyrrole nitrogens is 3. The van der Waals surface area contributed by atoms with Crippen molar-refractivity contribution in [3.8, 4) is 0 Å². The number of fused-ring (bicyclic) bond motifs is 3. The average Bonchev–Trinajstić information content (AvgIpc) is 1.61. The first kappa shape index (κ1) is 106. The number of hydrogen-bond donors (Lipinski definition) is 24. The van der Waals surface area contributed by atoms with Crippen LogP contribution in [0.2, 0.25) is 0 Å². The number of nitrogens with one attached hydrogen (secondary N) is 6. The van der Waals surface area contributed by atoms with Gasteiger partial charge in [-0.05, 0) is 32.9 Å². The molecule has 3 amide bonds. The molecule has 15 heterocycles. The summed E-state index contributed by atoms with van der Waals surface area (Å²) in [4.78, 5) is 243. The number of phosphoric acid groups is 1. The van der Waals surface area contributed by atoms with Gasteiger partial charge in [0.05, 0.1) is 50.2 Å². The molecule has 143 heavy (non-hydrogen) atoms. The van der Waals surface area contributed by atoms with Gasteiger partial charge in [0, 0.05) is 69.2 Å². The van der Waals surface area contributed by atoms with Crippen LogP contribution in [-0.4, -0.2) is 306 Å². The number of aromatic amines is 3. The summed E-state index contributed by atoms with van der Waals surface area (Å²) in [6, 6.07) is 2.02. The van der Waals surface area contributed by atoms with E-state index in [1.165, 1.54) is 20.8 Å². The van der Waals surface area contributed by atoms with Gasteiger partial charge in [0.2, 0.25) is 29.6 Å². The van der Waals surface area contributed by atoms with Gasteiger partial charge in [-0.2, -0.15) is 19.9 Å². The van der Waals surface area contributed by atoms with Crippen molar-refractivity contribution < 1.29 is 167 Å². The lowest BCUT2D eigenvalue weighted by Gasteiger charge is -2.33. The summed E-state index contributed by atoms with van der Waals surface area (Å²) < 4.78 is 171. The number of carboxylic acid groups (broad SMARTS) is 1. The molecule has 0 aliphatic carbocycles. The number of amides is 3. The van der Waals surface area contributed by atoms with Crippen molar-refractivity contribution in [3.63, 3.8) is 0 Å². The van der Waals surface area contributed by atoms with Crippen LogP contribution in [0.1, 0.15) is 95.3 Å². The van der Waals surface area contributed by atoms with E-state index in [0.29, 0.717) is 9.13 Å². The third kappa shape index (κ3) is 22.7. The predicted octanol–water partition coefficient (Wildman–Crippen LogP) is -7.53. The van der Waals surface area contributed by atoms with Crippen molar-refractivity contribution in [2.45, 2.75) is 199 Å². The third-order valence-electron chi connectivity index (χ3n) is 23.3. The average molecular weight is 2140 g/mol. The third-order valence-corrected chi connectivity index (χ3v) is 32.0. The zero-order valence-electron chi connectivity index (χ0n) is 73.8. The van der Waals surface area contributed by atoms with Crippen LogP contribution in [0.3, 0.4) is 0 Å². The molecule has 11 unspecified atom stereocenters. The summed E-state index contributed by atoms with van der Waals surface area (Å²) >= 11 is 0. The number of carbonyl (C=O) groups excluding carboxylic acids is 3. The Hall–Kier alpha value is -11.0. The minimum absolute atomic E-state index is 0.0488. The fourth-order valence-electron chi connectivity index (χ4n) is 16.3. The molecule has 15 rings (SSSR count). The van der Waals surface area contributed by atoms with Crippen molar-refractivity contribution in [1.29, 1.82) is 0 Å². The van der Waals surface area contributed by atoms with E-state index in [0.717, 1.165) is 74.3 Å². The SMILES string of the molecule is Cc1cn([C@H]2C[C@H](OP(=O)(O)C(O)[C@H]3O[C@@H](n4cnc5c(=O)[nH]c(N)nc54)C[C@@H]3OP(=O)(O)C(O)[C@H]3O[C@@H](n4ccc(N)nc4=O)C[C@@H]3OP(=O)(O)C(O)[C@H]3O[C@@H](n4cnc5c(=O)[nH]c(N)nc54)C[C@@H]3OP(=O)(O)C(O)[C@H]3O[C@@H](n4ccc(N)nc4=O)C[C@@H]3OP(=O)(O)C(O)[C@H]3O[C@@H](n4cnc5c(N)ncnc54)C[C@@H]3OP(=O)(O)OCC(C)(C)C(=O)NCC(=O)O)[C@@H](CNC(=O)CNC(=O)CN)O2)c(=O)[nH]c1=O. The van der Waals surface area contributed by atoms with Gasteiger partial charge in [-0.15, -0.1) is 0 Å². The molecular formula is C69H93N27O41P6. The lowest BCUT2D eigenvalue weighted by molar-refractivity contribution is -0.140. The maximum absolute atomic E-state index is 15.5. The Balaban J connectivity index is 0.724. The van der Waals surface area contributed by atoms with Crippen LogP contribution in [0.4, 0.5) is 29.4 Å². The first-order valence-corrected chi connectivity index (χ1v) is 51.9. The molecule has 0 aromatic carbocycles. The summed E-state index contributed by atoms with van der Waals surface area (Å²) in [7, 11) is -36.7. The number of aromatic nitrogens is 18. The van der Waals surface area contributed by atoms with Crippen molar-refractivity contribution in [2.75, 3.05) is 61.5 Å². The van der Waals surface area contributed by atoms with Crippen LogP contribution in [-0.2, 0) is 107 Å². The highest BCUT2D eigenvalue weighted by molar-refractivity contribution is 7.55. The summed E-state index contributed by atoms with van der Waals surface area (Å²) in [6.07, 6.45) is -37.6. The molecule has 9 aromatic rings. The second-order valence-electron chi connectivity index (χ2n) is 33.8. The fraction of sp³-hybridized carbons (Fsp3) is 0.551. The Labute approximate surface area is 794 Å². The Morgan fingerprint density at radius 2 is 0.846 bits per heavy atom. The van der Waals surface area contributed by atoms with Gasteiger partial charge < -0.3 is 161 Å². The fourth-order valence-corrected chi connectivity index (χ4v) is 24.2. The Bertz CT molecular complexity index is 7100. The Morgan fingerprint density at radius 1 is 0.469 bits per heavy atom. The van der Waals surface area contributed by atoms with Gasteiger partial charge in [0.15, 0.2) is 63.0 Å². The Kier molecular flexibility index (Phi) is 30.5. The van der Waals surface area contributed by atoms with Crippen LogP contribution >= 0.6 is 45.8 Å². The summed E-state index contributed by atoms with van der Waals surface area (Å²) in [6.45, 7) is -0.109. The second-order valence-corrected chi connectivity index (χ2v) is 44.5. The number of nitrogen functional groups attached to an aromatic ring is 5. The molecule has 0 bridgehead atoms. The van der Waals surface area contributed by atoms with Gasteiger partial charge in [-0.25, -0.2) is 43.9 Å². The van der Waals surface area contributed by atoms with E-state index in [-0.39, 0.29) is 22.5 Å². The molecule has 6 aliphatic heterocycles. The standard InChI is InChI=1S/C69H93N27O41P6/c1-24-18-93(68(112)90-55(24)101)38-8-25(31(126-38)15-76-35(98)16-77-34(97)14-70)132-138(113,114)58(104)48-28(11-40(130-48)95-22-82-44-53(95)86-64(74)88-56(44)102)135-139(115,116)59(105)46-26(9-36(127-46)91-6-4-32(71)84-66(91)110)133-141(119,120)61(107)49-29(12-41(131-49)96-23-83-45-54(96)87-65(75)89-57(45)103)136-140(117,118)60(106)47-27(10-37(128-47)92-7-5-33(72)85-67(92)111)134-142(121,122)62(108)50-30(13-39(129-50)94-21-81-43-51(73)79-20-80-52(43)94)137-143(123,124)125-19-69(2,3)63(109)78-17-42(99)100/h4-7,18,20-23,25-31,36-41,46-50,58-62,104-108H,8-17,19,70H2,1-3H3,(H,76,98)(H,77,97)(H,78,109)(H,99,100)(H,113,114)(H,115,116)(H,117,118)(H,119,120)(H,121,122)(H,123,124)(H2,71,84,110)(H2,72,85,111)(H2,73,79,80)(H,90,101,112)(H3,74,86,88,102)(H3,75,87,89,103)/t25-,26-,27-,28-,29-,30-,31+,36+,37+,38+,39+,40+,41+,46-,47-,48-,49-,50-,58?,59?,60?,61?,62?/m0/s1. The van der Waals surface area contributed by atoms with Crippen LogP contribution in [0.5, 0.6) is 0 Å². The molecule has 6 aliphatic rings. The van der Waals surface area contributed by atoms with E-state index in [1.807, 2.05) is 0 Å². The number of carboxylic acids is 1. The number of rotatable bonds is 39. The van der Waals surface area contributed by atoms with Crippen molar-refractivity contribution in [1.82, 2.24) is 103 Å². The number of nitrogens with zero attached hydrogens (tertiary/aromatic N) is 15. The number of ether oxygens (including phenoxy) is 6. The minimum Gasteiger partial charge on any atom is -0.480 e. The molecule has 6 fully saturated rings. The first-order chi connectivity index (χ1) is 67.0. The molecule has 68 nitrogen and oxygen atoms in total. The maximum atomic E-state index is 15.5. The maximum Gasteiger partial charge on any atom is 0.472 e. The predicted molar refractivity (Wildman–Crippen MR) is 472 cm³/mol. The normalized spacial score (nSPS) is 28.4. The monoisotopic (exact) mass is 2140 g/mol. The molecule has 0 radical (unpaired) electrons. The number of phosphoric ester groups is 1. The van der Waals surface area contributed by atoms with E-state index in [1.54, 1.807) is 0 Å². The molecule has 30 N–H and O–H groups in total. The number of carbonyl (C=O) groups is 4. The molecule has 0 saturated carbocycles. The zero-order chi connectivity index (χ0) is 104.